The van der Waals surface area contributed by atoms with Crippen LogP contribution in [-0.4, -0.2) is 22.4 Å². The van der Waals surface area contributed by atoms with Gasteiger partial charge in [0.2, 0.25) is 0 Å². The Morgan fingerprint density at radius 3 is 2.92 bits per heavy atom. The highest BCUT2D eigenvalue weighted by atomic mass is 16.5. The lowest BCUT2D eigenvalue weighted by Gasteiger charge is -2.05. The van der Waals surface area contributed by atoms with Crippen molar-refractivity contribution in [1.29, 1.82) is 0 Å². The van der Waals surface area contributed by atoms with Crippen molar-refractivity contribution in [2.24, 2.45) is 0 Å². The molecule has 0 saturated heterocycles. The average Bonchev–Trinajstić information content (AvgIpc) is 3.36. The number of hydrogen-bond acceptors (Lipinski definition) is 4. The molecule has 26 heavy (non-hydrogen) atoms. The van der Waals surface area contributed by atoms with E-state index in [1.165, 1.54) is 11.6 Å². The molecule has 2 aromatic carbocycles. The molecule has 3 aromatic rings. The molecular weight excluding hydrogens is 328 g/mol. The van der Waals surface area contributed by atoms with Crippen LogP contribution in [0.2, 0.25) is 0 Å². The van der Waals surface area contributed by atoms with E-state index in [0.717, 1.165) is 35.6 Å². The number of benzene rings is 2. The quantitative estimate of drug-likeness (QED) is 0.524. The number of esters is 1. The van der Waals surface area contributed by atoms with Crippen molar-refractivity contribution in [3.63, 3.8) is 0 Å². The van der Waals surface area contributed by atoms with Gasteiger partial charge in [0.15, 0.2) is 0 Å². The van der Waals surface area contributed by atoms with E-state index in [-0.39, 0.29) is 12.6 Å². The summed E-state index contributed by atoms with van der Waals surface area (Å²) >= 11 is 0. The van der Waals surface area contributed by atoms with Gasteiger partial charge in [-0.05, 0) is 53.1 Å². The molecule has 0 saturated carbocycles. The lowest BCUT2D eigenvalue weighted by molar-refractivity contribution is -0.138. The molecule has 0 unspecified atom stereocenters. The molecule has 0 radical (unpaired) electrons. The largest absolute Gasteiger partial charge is 0.493 e. The smallest absolute Gasteiger partial charge is 0.331 e. The Morgan fingerprint density at radius 2 is 2.12 bits per heavy atom. The van der Waals surface area contributed by atoms with Crippen molar-refractivity contribution >= 4 is 12.0 Å². The van der Waals surface area contributed by atoms with Crippen LogP contribution in [0, 0.1) is 0 Å². The Labute approximate surface area is 151 Å². The molecule has 1 aliphatic rings. The molecule has 130 valence electrons. The summed E-state index contributed by atoms with van der Waals surface area (Å²) in [6.07, 6.45) is 7.74. The zero-order chi connectivity index (χ0) is 17.8. The second-order valence-electron chi connectivity index (χ2n) is 6.02. The maximum Gasteiger partial charge on any atom is 0.331 e. The van der Waals surface area contributed by atoms with Crippen LogP contribution in [0.5, 0.6) is 5.75 Å². The van der Waals surface area contributed by atoms with Gasteiger partial charge in [0.1, 0.15) is 12.4 Å². The van der Waals surface area contributed by atoms with Crippen LogP contribution >= 0.6 is 0 Å². The van der Waals surface area contributed by atoms with E-state index in [0.29, 0.717) is 0 Å². The molecule has 0 amide bonds. The number of hydrogen-bond donors (Lipinski definition) is 0. The highest BCUT2D eigenvalue weighted by Gasteiger charge is 2.11. The molecule has 1 aromatic heterocycles. The summed E-state index contributed by atoms with van der Waals surface area (Å²) in [4.78, 5) is 11.9. The Morgan fingerprint density at radius 1 is 1.23 bits per heavy atom. The van der Waals surface area contributed by atoms with Crippen molar-refractivity contribution in [2.75, 3.05) is 6.61 Å². The minimum atomic E-state index is -0.363. The molecule has 0 spiro atoms. The van der Waals surface area contributed by atoms with Crippen molar-refractivity contribution < 1.29 is 14.3 Å². The predicted molar refractivity (Wildman–Crippen MR) is 98.0 cm³/mol. The van der Waals surface area contributed by atoms with E-state index in [1.807, 2.05) is 54.7 Å². The molecule has 2 heterocycles. The summed E-state index contributed by atoms with van der Waals surface area (Å²) < 4.78 is 12.6. The second kappa shape index (κ2) is 7.27. The summed E-state index contributed by atoms with van der Waals surface area (Å²) in [7, 11) is 0. The molecule has 4 rings (SSSR count). The van der Waals surface area contributed by atoms with Gasteiger partial charge in [0.25, 0.3) is 0 Å². The Balaban J connectivity index is 1.32. The standard InChI is InChI=1S/C21H18N2O3/c24-21(9-5-16-4-8-20-18(14-16)10-13-25-20)26-15-17-2-6-19(7-3-17)23-12-1-11-22-23/h1-9,11-12,14H,10,13,15H2/b9-5+. The molecule has 0 aliphatic carbocycles. The van der Waals surface area contributed by atoms with Gasteiger partial charge >= 0.3 is 5.97 Å². The number of nitrogens with zero attached hydrogens (tertiary/aromatic N) is 2. The van der Waals surface area contributed by atoms with Crippen molar-refractivity contribution in [3.05, 3.63) is 83.7 Å². The van der Waals surface area contributed by atoms with Gasteiger partial charge in [-0.2, -0.15) is 5.10 Å². The van der Waals surface area contributed by atoms with Crippen LogP contribution in [0.3, 0.4) is 0 Å². The third-order valence-electron chi connectivity index (χ3n) is 4.21. The van der Waals surface area contributed by atoms with Crippen molar-refractivity contribution in [3.8, 4) is 11.4 Å². The third kappa shape index (κ3) is 3.67. The highest BCUT2D eigenvalue weighted by Crippen LogP contribution is 2.26. The van der Waals surface area contributed by atoms with Gasteiger partial charge < -0.3 is 9.47 Å². The van der Waals surface area contributed by atoms with Crippen LogP contribution in [0.15, 0.2) is 67.0 Å². The summed E-state index contributed by atoms with van der Waals surface area (Å²) in [6, 6.07) is 15.5. The molecule has 0 N–H and O–H groups in total. The van der Waals surface area contributed by atoms with Crippen LogP contribution in [0.1, 0.15) is 16.7 Å². The van der Waals surface area contributed by atoms with Crippen molar-refractivity contribution in [2.45, 2.75) is 13.0 Å². The SMILES string of the molecule is O=C(/C=C/c1ccc2c(c1)CCO2)OCc1ccc(-n2cccn2)cc1. The van der Waals surface area contributed by atoms with E-state index in [4.69, 9.17) is 9.47 Å². The summed E-state index contributed by atoms with van der Waals surface area (Å²) in [5.74, 6) is 0.571. The van der Waals surface area contributed by atoms with Gasteiger partial charge in [-0.3, -0.25) is 0 Å². The summed E-state index contributed by atoms with van der Waals surface area (Å²) in [6.45, 7) is 0.963. The fraction of sp³-hybridized carbons (Fsp3) is 0.143. The Bertz CT molecular complexity index is 928. The lowest BCUT2D eigenvalue weighted by atomic mass is 10.1. The van der Waals surface area contributed by atoms with Crippen LogP contribution in [0.25, 0.3) is 11.8 Å². The van der Waals surface area contributed by atoms with Crippen LogP contribution in [0.4, 0.5) is 0 Å². The number of ether oxygens (including phenoxy) is 2. The molecule has 1 aliphatic heterocycles. The van der Waals surface area contributed by atoms with E-state index in [1.54, 1.807) is 17.0 Å². The predicted octanol–water partition coefficient (Wildman–Crippen LogP) is 3.56. The number of carbonyl (C=O) groups excluding carboxylic acids is 1. The lowest BCUT2D eigenvalue weighted by Crippen LogP contribution is -2.01. The highest BCUT2D eigenvalue weighted by molar-refractivity contribution is 5.87. The van der Waals surface area contributed by atoms with E-state index < -0.39 is 0 Å². The van der Waals surface area contributed by atoms with E-state index >= 15 is 0 Å². The molecule has 0 atom stereocenters. The van der Waals surface area contributed by atoms with Crippen LogP contribution < -0.4 is 4.74 Å². The second-order valence-corrected chi connectivity index (χ2v) is 6.02. The van der Waals surface area contributed by atoms with Gasteiger partial charge in [0, 0.05) is 24.9 Å². The number of aromatic nitrogens is 2. The monoisotopic (exact) mass is 346 g/mol. The van der Waals surface area contributed by atoms with E-state index in [2.05, 4.69) is 5.10 Å². The zero-order valence-electron chi connectivity index (χ0n) is 14.2. The molecular formula is C21H18N2O3. The molecule has 5 heteroatoms. The maximum absolute atomic E-state index is 11.9. The third-order valence-corrected chi connectivity index (χ3v) is 4.21. The summed E-state index contributed by atoms with van der Waals surface area (Å²) in [5, 5.41) is 4.18. The molecule has 0 fully saturated rings. The average molecular weight is 346 g/mol. The summed E-state index contributed by atoms with van der Waals surface area (Å²) in [5.41, 5.74) is 4.04. The molecule has 5 nitrogen and oxygen atoms in total. The van der Waals surface area contributed by atoms with Gasteiger partial charge in [-0.1, -0.05) is 18.2 Å². The topological polar surface area (TPSA) is 53.4 Å². The van der Waals surface area contributed by atoms with Crippen LogP contribution in [-0.2, 0) is 22.6 Å². The fourth-order valence-corrected chi connectivity index (χ4v) is 2.84. The first kappa shape index (κ1) is 16.1. The normalized spacial score (nSPS) is 12.8. The number of rotatable bonds is 5. The Hall–Kier alpha value is -3.34. The maximum atomic E-state index is 11.9. The zero-order valence-corrected chi connectivity index (χ0v) is 14.2. The van der Waals surface area contributed by atoms with Gasteiger partial charge in [-0.25, -0.2) is 9.48 Å². The Kier molecular flexibility index (Phi) is 4.51. The first-order valence-corrected chi connectivity index (χ1v) is 8.47. The minimum absolute atomic E-state index is 0.237. The van der Waals surface area contributed by atoms with Gasteiger partial charge in [-0.15, -0.1) is 0 Å². The molecule has 0 bridgehead atoms. The van der Waals surface area contributed by atoms with Gasteiger partial charge in [0.05, 0.1) is 12.3 Å². The number of carbonyl (C=O) groups is 1. The first-order valence-electron chi connectivity index (χ1n) is 8.47. The van der Waals surface area contributed by atoms with E-state index in [9.17, 15) is 4.79 Å². The first-order chi connectivity index (χ1) is 12.8. The fourth-order valence-electron chi connectivity index (χ4n) is 2.84. The van der Waals surface area contributed by atoms with Crippen molar-refractivity contribution in [1.82, 2.24) is 9.78 Å². The number of fused-ring (bicyclic) bond motifs is 1. The minimum Gasteiger partial charge on any atom is -0.493 e.